The molecule has 0 amide bonds. The Morgan fingerprint density at radius 1 is 1.00 bits per heavy atom. The highest BCUT2D eigenvalue weighted by Gasteiger charge is 2.27. The first-order valence-electron chi connectivity index (χ1n) is 12.9. The number of pyridine rings is 1. The highest BCUT2D eigenvalue weighted by atomic mass is 16.5. The second kappa shape index (κ2) is 9.40. The van der Waals surface area contributed by atoms with Crippen molar-refractivity contribution in [3.8, 4) is 17.2 Å². The number of aromatic carboxylic acids is 1. The lowest BCUT2D eigenvalue weighted by molar-refractivity contribution is 0.0698. The third-order valence-electron chi connectivity index (χ3n) is 7.62. The Balaban J connectivity index is 1.42. The first-order valence-corrected chi connectivity index (χ1v) is 12.9. The summed E-state index contributed by atoms with van der Waals surface area (Å²) in [7, 11) is 0. The number of hydrogen-bond donors (Lipinski definition) is 1. The molecular formula is C32H29NO4. The van der Waals surface area contributed by atoms with Crippen LogP contribution in [0.25, 0.3) is 33.3 Å². The number of rotatable bonds is 5. The van der Waals surface area contributed by atoms with Crippen molar-refractivity contribution in [1.29, 1.82) is 0 Å². The van der Waals surface area contributed by atoms with Gasteiger partial charge < -0.3 is 14.3 Å². The highest BCUT2D eigenvalue weighted by molar-refractivity contribution is 6.07. The molecule has 1 aliphatic carbocycles. The van der Waals surface area contributed by atoms with Crippen molar-refractivity contribution in [2.75, 3.05) is 0 Å². The Labute approximate surface area is 215 Å². The molecule has 37 heavy (non-hydrogen) atoms. The molecule has 6 rings (SSSR count). The average Bonchev–Trinajstić information content (AvgIpc) is 3.27. The van der Waals surface area contributed by atoms with Crippen LogP contribution >= 0.6 is 0 Å². The zero-order valence-corrected chi connectivity index (χ0v) is 21.0. The van der Waals surface area contributed by atoms with Crippen molar-refractivity contribution in [1.82, 2.24) is 4.98 Å². The van der Waals surface area contributed by atoms with Crippen molar-refractivity contribution < 1.29 is 19.1 Å². The van der Waals surface area contributed by atoms with E-state index in [1.807, 2.05) is 56.3 Å². The molecule has 1 saturated carbocycles. The van der Waals surface area contributed by atoms with Gasteiger partial charge in [-0.25, -0.2) is 9.78 Å². The summed E-state index contributed by atoms with van der Waals surface area (Å²) in [6.07, 6.45) is 4.09. The topological polar surface area (TPSA) is 72.6 Å². The molecule has 3 aromatic carbocycles. The lowest BCUT2D eigenvalue weighted by Gasteiger charge is -2.30. The third-order valence-corrected chi connectivity index (χ3v) is 7.62. The minimum atomic E-state index is -1.01. The average molecular weight is 492 g/mol. The summed E-state index contributed by atoms with van der Waals surface area (Å²) >= 11 is 0. The van der Waals surface area contributed by atoms with E-state index in [0.29, 0.717) is 34.0 Å². The number of furan rings is 1. The standard InChI is InChI=1S/C32H29NO4/c1-19-15-16-28(36-23-12-8-11-22(17-23)21-9-4-3-5-10-21)29-25(32(34)35)18-26(33-30(19)29)31-20(2)24-13-6-7-14-27(24)37-31/h3-7,9-10,13-16,18,22-23H,8,11-12,17H2,1-2H3,(H,34,35)/t22-,23-/m0/s1. The number of benzene rings is 3. The minimum absolute atomic E-state index is 0.0174. The Morgan fingerprint density at radius 2 is 1.78 bits per heavy atom. The van der Waals surface area contributed by atoms with Crippen LogP contribution in [0, 0.1) is 13.8 Å². The van der Waals surface area contributed by atoms with Crippen LogP contribution in [-0.4, -0.2) is 22.2 Å². The SMILES string of the molecule is Cc1c(-c2cc(C(=O)O)c3c(O[C@H]4CCC[C@H](c5ccccc5)C4)ccc(C)c3n2)oc2ccccc12. The summed E-state index contributed by atoms with van der Waals surface area (Å²) in [5.74, 6) is 0.603. The Bertz CT molecular complexity index is 1620. The molecule has 1 fully saturated rings. The summed E-state index contributed by atoms with van der Waals surface area (Å²) in [4.78, 5) is 17.5. The summed E-state index contributed by atoms with van der Waals surface area (Å²) in [6.45, 7) is 3.93. The second-order valence-corrected chi connectivity index (χ2v) is 10.0. The molecule has 1 aliphatic rings. The highest BCUT2D eigenvalue weighted by Crippen LogP contribution is 2.40. The number of hydrogen-bond acceptors (Lipinski definition) is 4. The number of nitrogens with zero attached hydrogens (tertiary/aromatic N) is 1. The van der Waals surface area contributed by atoms with Gasteiger partial charge in [0, 0.05) is 10.9 Å². The predicted molar refractivity (Wildman–Crippen MR) is 145 cm³/mol. The Hall–Kier alpha value is -4.12. The van der Waals surface area contributed by atoms with Crippen LogP contribution in [0.5, 0.6) is 5.75 Å². The van der Waals surface area contributed by atoms with Crippen LogP contribution in [0.4, 0.5) is 0 Å². The predicted octanol–water partition coefficient (Wildman–Crippen LogP) is 8.07. The zero-order chi connectivity index (χ0) is 25.5. The fourth-order valence-electron chi connectivity index (χ4n) is 5.70. The summed E-state index contributed by atoms with van der Waals surface area (Å²) in [6, 6.07) is 23.8. The first-order chi connectivity index (χ1) is 18.0. The van der Waals surface area contributed by atoms with Gasteiger partial charge in [0.1, 0.15) is 17.0 Å². The number of carboxylic acids is 1. The second-order valence-electron chi connectivity index (χ2n) is 10.0. The molecule has 0 bridgehead atoms. The molecule has 5 nitrogen and oxygen atoms in total. The van der Waals surface area contributed by atoms with Crippen molar-refractivity contribution in [3.05, 3.63) is 95.1 Å². The molecule has 2 aromatic heterocycles. The fourth-order valence-corrected chi connectivity index (χ4v) is 5.70. The van der Waals surface area contributed by atoms with Crippen LogP contribution in [0.15, 0.2) is 77.2 Å². The van der Waals surface area contributed by atoms with E-state index < -0.39 is 5.97 Å². The maximum atomic E-state index is 12.5. The molecular weight excluding hydrogens is 462 g/mol. The van der Waals surface area contributed by atoms with Crippen molar-refractivity contribution >= 4 is 27.8 Å². The quantitative estimate of drug-likeness (QED) is 0.269. The maximum absolute atomic E-state index is 12.5. The molecule has 2 atom stereocenters. The number of carboxylic acid groups (broad SMARTS) is 1. The molecule has 0 radical (unpaired) electrons. The van der Waals surface area contributed by atoms with Crippen LogP contribution < -0.4 is 4.74 Å². The van der Waals surface area contributed by atoms with E-state index in [9.17, 15) is 9.90 Å². The normalized spacial score (nSPS) is 17.8. The van der Waals surface area contributed by atoms with E-state index in [0.717, 1.165) is 47.8 Å². The number of carbonyl (C=O) groups is 1. The fraction of sp³-hybridized carbons (Fsp3) is 0.250. The van der Waals surface area contributed by atoms with Gasteiger partial charge in [-0.1, -0.05) is 54.6 Å². The summed E-state index contributed by atoms with van der Waals surface area (Å²) in [5.41, 5.74) is 5.25. The van der Waals surface area contributed by atoms with Gasteiger partial charge in [-0.15, -0.1) is 0 Å². The van der Waals surface area contributed by atoms with E-state index in [-0.39, 0.29) is 11.7 Å². The first kappa shape index (κ1) is 23.3. The van der Waals surface area contributed by atoms with Crippen LogP contribution in [0.3, 0.4) is 0 Å². The third kappa shape index (κ3) is 4.25. The summed E-state index contributed by atoms with van der Waals surface area (Å²) in [5, 5.41) is 11.8. The lowest BCUT2D eigenvalue weighted by atomic mass is 9.82. The monoisotopic (exact) mass is 491 g/mol. The Morgan fingerprint density at radius 3 is 2.57 bits per heavy atom. The van der Waals surface area contributed by atoms with Crippen molar-refractivity contribution in [2.24, 2.45) is 0 Å². The van der Waals surface area contributed by atoms with Gasteiger partial charge in [0.2, 0.25) is 0 Å². The van der Waals surface area contributed by atoms with Gasteiger partial charge in [0.15, 0.2) is 5.76 Å². The molecule has 0 aliphatic heterocycles. The molecule has 0 spiro atoms. The van der Waals surface area contributed by atoms with Gasteiger partial charge in [-0.2, -0.15) is 0 Å². The molecule has 186 valence electrons. The number of aromatic nitrogens is 1. The number of ether oxygens (including phenoxy) is 1. The molecule has 5 aromatic rings. The van der Waals surface area contributed by atoms with Crippen LogP contribution in [0.1, 0.15) is 58.6 Å². The van der Waals surface area contributed by atoms with E-state index in [1.165, 1.54) is 5.56 Å². The number of para-hydroxylation sites is 1. The largest absolute Gasteiger partial charge is 0.490 e. The smallest absolute Gasteiger partial charge is 0.336 e. The Kier molecular flexibility index (Phi) is 5.91. The van der Waals surface area contributed by atoms with Crippen molar-refractivity contribution in [3.63, 3.8) is 0 Å². The van der Waals surface area contributed by atoms with E-state index in [4.69, 9.17) is 14.1 Å². The van der Waals surface area contributed by atoms with Crippen molar-refractivity contribution in [2.45, 2.75) is 51.6 Å². The van der Waals surface area contributed by atoms with Gasteiger partial charge >= 0.3 is 5.97 Å². The molecule has 1 N–H and O–H groups in total. The minimum Gasteiger partial charge on any atom is -0.490 e. The summed E-state index contributed by atoms with van der Waals surface area (Å²) < 4.78 is 12.7. The van der Waals surface area contributed by atoms with Gasteiger partial charge in [-0.3, -0.25) is 0 Å². The number of aryl methyl sites for hydroxylation is 2. The molecule has 0 saturated heterocycles. The van der Waals surface area contributed by atoms with E-state index in [2.05, 4.69) is 24.3 Å². The van der Waals surface area contributed by atoms with Crippen LogP contribution in [-0.2, 0) is 0 Å². The molecule has 5 heteroatoms. The lowest BCUT2D eigenvalue weighted by Crippen LogP contribution is -2.24. The van der Waals surface area contributed by atoms with Gasteiger partial charge in [-0.05, 0) is 74.8 Å². The number of fused-ring (bicyclic) bond motifs is 2. The van der Waals surface area contributed by atoms with Gasteiger partial charge in [0.05, 0.1) is 22.6 Å². The molecule has 2 heterocycles. The zero-order valence-electron chi connectivity index (χ0n) is 21.0. The van der Waals surface area contributed by atoms with E-state index in [1.54, 1.807) is 6.07 Å². The van der Waals surface area contributed by atoms with Gasteiger partial charge in [0.25, 0.3) is 0 Å². The maximum Gasteiger partial charge on any atom is 0.336 e. The van der Waals surface area contributed by atoms with Crippen LogP contribution in [0.2, 0.25) is 0 Å². The van der Waals surface area contributed by atoms with E-state index >= 15 is 0 Å². The molecule has 0 unspecified atom stereocenters.